The number of amides is 3. The topological polar surface area (TPSA) is 232 Å². The Bertz CT molecular complexity index is 1910. The van der Waals surface area contributed by atoms with E-state index in [9.17, 15) is 24.3 Å². The van der Waals surface area contributed by atoms with E-state index in [1.165, 1.54) is 30.3 Å². The highest BCUT2D eigenvalue weighted by Crippen LogP contribution is 2.41. The van der Waals surface area contributed by atoms with Gasteiger partial charge in [0.15, 0.2) is 11.5 Å². The molecule has 1 aliphatic rings. The molecule has 0 aliphatic carbocycles. The Balaban J connectivity index is 1.23. The number of halogens is 1. The van der Waals surface area contributed by atoms with Gasteiger partial charge in [0.1, 0.15) is 29.8 Å². The highest BCUT2D eigenvalue weighted by Gasteiger charge is 2.35. The lowest BCUT2D eigenvalue weighted by atomic mass is 9.81. The predicted octanol–water partition coefficient (Wildman–Crippen LogP) is 4.40. The van der Waals surface area contributed by atoms with Crippen LogP contribution in [0.15, 0.2) is 54.6 Å². The van der Waals surface area contributed by atoms with Crippen LogP contribution in [0.25, 0.3) is 11.1 Å². The van der Waals surface area contributed by atoms with Gasteiger partial charge in [0.05, 0.1) is 45.2 Å². The molecule has 2 atom stereocenters. The summed E-state index contributed by atoms with van der Waals surface area (Å²) in [5.41, 5.74) is 12.4. The average molecular weight is 840 g/mol. The zero-order valence-electron chi connectivity index (χ0n) is 34.7. The molecule has 0 radical (unpaired) electrons. The first-order chi connectivity index (χ1) is 28.6. The standard InChI is InChI=1S/C43H58FN5O11/c1-42(2,3)60-41(54)49-35(6-5-14-45)39(51)47-16-17-55-18-19-56-20-21-57-22-23-58-36-24-30-13-15-48-43(4,27-38(46)50)33(30)26-37(36)59-31-11-12-32(34(44)25-31)28-7-9-29(10-8-28)40(52)53/h7-12,24-26,35,48H,5-6,13-23,27,45H2,1-4H3,(H2,46,50)(H,47,51)(H,49,54)(H,52,53)/t35-,43+/m0/s1. The van der Waals surface area contributed by atoms with Gasteiger partial charge in [-0.3, -0.25) is 9.59 Å². The van der Waals surface area contributed by atoms with Gasteiger partial charge in [0.2, 0.25) is 11.8 Å². The Hall–Kier alpha value is -5.33. The lowest BCUT2D eigenvalue weighted by Crippen LogP contribution is -2.49. The summed E-state index contributed by atoms with van der Waals surface area (Å²) in [6, 6.07) is 13.2. The third-order valence-corrected chi connectivity index (χ3v) is 9.29. The lowest BCUT2D eigenvalue weighted by Gasteiger charge is -2.37. The molecular weight excluding hydrogens is 781 g/mol. The molecule has 17 heteroatoms. The van der Waals surface area contributed by atoms with Crippen molar-refractivity contribution in [1.29, 1.82) is 0 Å². The number of carboxylic acids is 1. The summed E-state index contributed by atoms with van der Waals surface area (Å²) in [6.45, 7) is 10.2. The summed E-state index contributed by atoms with van der Waals surface area (Å²) in [5.74, 6) is -1.55. The van der Waals surface area contributed by atoms with E-state index in [0.717, 1.165) is 11.1 Å². The number of hydrogen-bond donors (Lipinski definition) is 6. The number of primary amides is 1. The molecule has 0 unspecified atom stereocenters. The minimum absolute atomic E-state index is 0.0525. The van der Waals surface area contributed by atoms with Gasteiger partial charge in [-0.15, -0.1) is 0 Å². The smallest absolute Gasteiger partial charge is 0.408 e. The molecule has 0 saturated carbocycles. The number of fused-ring (bicyclic) bond motifs is 1. The van der Waals surface area contributed by atoms with Gasteiger partial charge in [-0.05, 0) is 107 Å². The van der Waals surface area contributed by atoms with E-state index >= 15 is 4.39 Å². The van der Waals surface area contributed by atoms with E-state index in [2.05, 4.69) is 16.0 Å². The van der Waals surface area contributed by atoms with Crippen LogP contribution in [-0.2, 0) is 40.5 Å². The first kappa shape index (κ1) is 47.3. The second kappa shape index (κ2) is 22.9. The van der Waals surface area contributed by atoms with Crippen molar-refractivity contribution in [3.8, 4) is 28.4 Å². The number of rotatable bonds is 24. The molecule has 8 N–H and O–H groups in total. The summed E-state index contributed by atoms with van der Waals surface area (Å²) >= 11 is 0. The van der Waals surface area contributed by atoms with E-state index < -0.39 is 41.0 Å². The van der Waals surface area contributed by atoms with Gasteiger partial charge in [0.25, 0.3) is 0 Å². The Morgan fingerprint density at radius 1 is 0.917 bits per heavy atom. The summed E-state index contributed by atoms with van der Waals surface area (Å²) in [6.07, 6.45) is 0.975. The van der Waals surface area contributed by atoms with Crippen LogP contribution in [0.3, 0.4) is 0 Å². The number of carboxylic acid groups (broad SMARTS) is 1. The third-order valence-electron chi connectivity index (χ3n) is 9.29. The van der Waals surface area contributed by atoms with Gasteiger partial charge in [-0.25, -0.2) is 14.0 Å². The molecule has 1 aliphatic heterocycles. The Kier molecular flexibility index (Phi) is 18.1. The first-order valence-electron chi connectivity index (χ1n) is 19.9. The minimum Gasteiger partial charge on any atom is -0.487 e. The third kappa shape index (κ3) is 15.0. The molecule has 16 nitrogen and oxygen atoms in total. The highest BCUT2D eigenvalue weighted by molar-refractivity contribution is 5.88. The van der Waals surface area contributed by atoms with Crippen LogP contribution in [0, 0.1) is 5.82 Å². The number of ether oxygens (including phenoxy) is 6. The fraction of sp³-hybridized carbons (Fsp3) is 0.488. The minimum atomic E-state index is -1.07. The molecule has 4 rings (SSSR count). The molecule has 0 saturated heterocycles. The average Bonchev–Trinajstić information content (AvgIpc) is 3.17. The number of hydrogen-bond acceptors (Lipinski definition) is 12. The monoisotopic (exact) mass is 839 g/mol. The van der Waals surface area contributed by atoms with Gasteiger partial charge in [0, 0.05) is 36.7 Å². The molecule has 60 heavy (non-hydrogen) atoms. The number of carbonyl (C=O) groups is 4. The fourth-order valence-electron chi connectivity index (χ4n) is 6.46. The normalized spacial score (nSPS) is 15.4. The van der Waals surface area contributed by atoms with Crippen molar-refractivity contribution in [1.82, 2.24) is 16.0 Å². The molecule has 1 heterocycles. The Morgan fingerprint density at radius 2 is 1.58 bits per heavy atom. The van der Waals surface area contributed by atoms with Crippen molar-refractivity contribution in [2.75, 3.05) is 65.9 Å². The molecule has 0 aromatic heterocycles. The number of aromatic carboxylic acids is 1. The van der Waals surface area contributed by atoms with Crippen molar-refractivity contribution in [3.63, 3.8) is 0 Å². The van der Waals surface area contributed by atoms with Crippen molar-refractivity contribution in [2.24, 2.45) is 11.5 Å². The first-order valence-corrected chi connectivity index (χ1v) is 19.9. The number of nitrogens with two attached hydrogens (primary N) is 2. The molecule has 3 amide bonds. The molecule has 3 aromatic carbocycles. The molecule has 0 fully saturated rings. The largest absolute Gasteiger partial charge is 0.487 e. The maximum absolute atomic E-state index is 15.4. The summed E-state index contributed by atoms with van der Waals surface area (Å²) in [5, 5.41) is 17.9. The molecule has 328 valence electrons. The van der Waals surface area contributed by atoms with E-state index in [1.807, 2.05) is 13.0 Å². The second-order valence-electron chi connectivity index (χ2n) is 15.3. The fourth-order valence-corrected chi connectivity index (χ4v) is 6.46. The van der Waals surface area contributed by atoms with E-state index in [1.54, 1.807) is 39.0 Å². The Labute approximate surface area is 349 Å². The lowest BCUT2D eigenvalue weighted by molar-refractivity contribution is -0.123. The highest BCUT2D eigenvalue weighted by atomic mass is 19.1. The molecule has 3 aromatic rings. The van der Waals surface area contributed by atoms with Crippen LogP contribution < -0.4 is 36.9 Å². The van der Waals surface area contributed by atoms with Crippen molar-refractivity contribution in [3.05, 3.63) is 77.1 Å². The maximum Gasteiger partial charge on any atom is 0.408 e. The summed E-state index contributed by atoms with van der Waals surface area (Å²) in [7, 11) is 0. The van der Waals surface area contributed by atoms with Crippen LogP contribution in [-0.4, -0.2) is 107 Å². The van der Waals surface area contributed by atoms with Crippen molar-refractivity contribution in [2.45, 2.75) is 70.6 Å². The number of carbonyl (C=O) groups excluding carboxylic acids is 3. The summed E-state index contributed by atoms with van der Waals surface area (Å²) < 4.78 is 49.8. The number of nitrogens with one attached hydrogen (secondary N) is 3. The summed E-state index contributed by atoms with van der Waals surface area (Å²) in [4.78, 5) is 48.0. The van der Waals surface area contributed by atoms with Crippen LogP contribution in [0.2, 0.25) is 0 Å². The van der Waals surface area contributed by atoms with E-state index in [4.69, 9.17) is 39.9 Å². The molecule has 0 bridgehead atoms. The van der Waals surface area contributed by atoms with Gasteiger partial charge >= 0.3 is 12.1 Å². The predicted molar refractivity (Wildman–Crippen MR) is 221 cm³/mol. The van der Waals surface area contributed by atoms with Crippen molar-refractivity contribution >= 4 is 23.9 Å². The van der Waals surface area contributed by atoms with E-state index in [-0.39, 0.29) is 55.6 Å². The van der Waals surface area contributed by atoms with Crippen LogP contribution in [0.1, 0.15) is 68.4 Å². The quantitative estimate of drug-likeness (QED) is 0.0688. The molecular formula is C43H58FN5O11. The maximum atomic E-state index is 15.4. The second-order valence-corrected chi connectivity index (χ2v) is 15.3. The van der Waals surface area contributed by atoms with Crippen LogP contribution in [0.4, 0.5) is 9.18 Å². The number of alkyl carbamates (subject to hydrolysis) is 1. The van der Waals surface area contributed by atoms with Crippen LogP contribution >= 0.6 is 0 Å². The van der Waals surface area contributed by atoms with Gasteiger partial charge < -0.3 is 60.9 Å². The zero-order chi connectivity index (χ0) is 43.7. The van der Waals surface area contributed by atoms with Gasteiger partial charge in [-0.1, -0.05) is 12.1 Å². The Morgan fingerprint density at radius 3 is 2.20 bits per heavy atom. The molecule has 0 spiro atoms. The van der Waals surface area contributed by atoms with E-state index in [0.29, 0.717) is 75.8 Å². The number of benzene rings is 3. The van der Waals surface area contributed by atoms with Crippen molar-refractivity contribution < 1.29 is 57.1 Å². The SMILES string of the molecule is CC(C)(C)OC(=O)N[C@@H](CCCN)C(=O)NCCOCCOCCOCCOc1cc2c(cc1Oc1ccc(-c3ccc(C(=O)O)cc3)c(F)c1)[C@@](C)(CC(N)=O)NCC2. The zero-order valence-corrected chi connectivity index (χ0v) is 34.7. The van der Waals surface area contributed by atoms with Gasteiger partial charge in [-0.2, -0.15) is 0 Å². The van der Waals surface area contributed by atoms with Crippen LogP contribution in [0.5, 0.6) is 17.2 Å².